The second-order valence-corrected chi connectivity index (χ2v) is 7.60. The van der Waals surface area contributed by atoms with Crippen molar-refractivity contribution in [2.45, 2.75) is 25.8 Å². The topological polar surface area (TPSA) is 81.8 Å². The molecule has 1 aliphatic heterocycles. The fraction of sp³-hybridized carbons (Fsp3) is 0.526. The molecule has 1 saturated heterocycles. The third-order valence-corrected chi connectivity index (χ3v) is 5.39. The van der Waals surface area contributed by atoms with Gasteiger partial charge in [-0.15, -0.1) is 0 Å². The van der Waals surface area contributed by atoms with Crippen LogP contribution in [0.3, 0.4) is 0 Å². The second kappa shape index (κ2) is 9.23. The van der Waals surface area contributed by atoms with Crippen molar-refractivity contribution in [3.63, 3.8) is 0 Å². The number of hydrogen-bond donors (Lipinski definition) is 2. The molecule has 0 aromatic heterocycles. The molecule has 0 spiro atoms. The number of nitrogens with one attached hydrogen (secondary N) is 2. The Bertz CT molecular complexity index is 740. The Morgan fingerprint density at radius 2 is 1.96 bits per heavy atom. The van der Waals surface area contributed by atoms with E-state index in [2.05, 4.69) is 10.6 Å². The Balaban J connectivity index is 1.97. The average Bonchev–Trinajstić information content (AvgIpc) is 2.69. The first kappa shape index (κ1) is 21.9. The van der Waals surface area contributed by atoms with Crippen molar-refractivity contribution >= 4 is 35.5 Å². The minimum atomic E-state index is -1.15. The number of rotatable bonds is 7. The molecule has 7 nitrogen and oxygen atoms in total. The van der Waals surface area contributed by atoms with Gasteiger partial charge in [-0.05, 0) is 31.5 Å². The summed E-state index contributed by atoms with van der Waals surface area (Å²) in [6.07, 6.45) is 0.664. The smallest absolute Gasteiger partial charge is 0.245 e. The fourth-order valence-electron chi connectivity index (χ4n) is 3.50. The molecule has 28 heavy (non-hydrogen) atoms. The van der Waals surface area contributed by atoms with Crippen LogP contribution in [0, 0.1) is 11.7 Å². The lowest BCUT2D eigenvalue weighted by molar-refractivity contribution is -0.137. The lowest BCUT2D eigenvalue weighted by atomic mass is 9.88. The van der Waals surface area contributed by atoms with E-state index in [0.717, 1.165) is 5.69 Å². The van der Waals surface area contributed by atoms with Crippen LogP contribution in [0.25, 0.3) is 0 Å². The highest BCUT2D eigenvalue weighted by Crippen LogP contribution is 2.25. The van der Waals surface area contributed by atoms with Crippen LogP contribution in [0.2, 0.25) is 5.02 Å². The second-order valence-electron chi connectivity index (χ2n) is 7.19. The van der Waals surface area contributed by atoms with Crippen molar-refractivity contribution in [3.05, 3.63) is 29.0 Å². The summed E-state index contributed by atoms with van der Waals surface area (Å²) in [6.45, 7) is 5.56. The Morgan fingerprint density at radius 1 is 1.32 bits per heavy atom. The monoisotopic (exact) mass is 412 g/mol. The summed E-state index contributed by atoms with van der Waals surface area (Å²) in [5.41, 5.74) is -0.341. The largest absolute Gasteiger partial charge is 0.368 e. The van der Waals surface area contributed by atoms with E-state index in [1.807, 2.05) is 4.90 Å². The van der Waals surface area contributed by atoms with E-state index < -0.39 is 17.3 Å². The van der Waals surface area contributed by atoms with Gasteiger partial charge in [-0.25, -0.2) is 4.39 Å². The Kier molecular flexibility index (Phi) is 7.23. The molecule has 1 aromatic carbocycles. The van der Waals surface area contributed by atoms with Gasteiger partial charge in [-0.3, -0.25) is 14.4 Å². The van der Waals surface area contributed by atoms with Gasteiger partial charge in [0.25, 0.3) is 0 Å². The van der Waals surface area contributed by atoms with Gasteiger partial charge in [-0.1, -0.05) is 18.5 Å². The maximum atomic E-state index is 13.3. The molecular formula is C19H26ClFN4O3. The molecule has 1 aliphatic rings. The molecule has 2 atom stereocenters. The standard InChI is InChI=1S/C19H26ClFN4O3/c1-13(11-19(2,23-12-26)18(28)22-3)17(27)25-8-6-24(7-9-25)14-4-5-16(21)15(20)10-14/h4-5,10,12-13H,6-9,11H2,1-3H3,(H,22,28)(H,23,26). The first-order chi connectivity index (χ1) is 13.2. The highest BCUT2D eigenvalue weighted by molar-refractivity contribution is 6.31. The summed E-state index contributed by atoms with van der Waals surface area (Å²) in [6, 6.07) is 4.58. The zero-order chi connectivity index (χ0) is 20.9. The van der Waals surface area contributed by atoms with Crippen molar-refractivity contribution in [1.82, 2.24) is 15.5 Å². The Labute approximate surface area is 169 Å². The summed E-state index contributed by atoms with van der Waals surface area (Å²) < 4.78 is 13.3. The highest BCUT2D eigenvalue weighted by atomic mass is 35.5. The molecule has 0 saturated carbocycles. The number of carbonyl (C=O) groups is 3. The van der Waals surface area contributed by atoms with Crippen LogP contribution in [0.1, 0.15) is 20.3 Å². The van der Waals surface area contributed by atoms with Crippen LogP contribution < -0.4 is 15.5 Å². The number of nitrogens with zero attached hydrogens (tertiary/aromatic N) is 2. The van der Waals surface area contributed by atoms with Crippen molar-refractivity contribution in [2.24, 2.45) is 5.92 Å². The van der Waals surface area contributed by atoms with E-state index in [0.29, 0.717) is 32.6 Å². The van der Waals surface area contributed by atoms with Crippen LogP contribution in [-0.4, -0.2) is 61.9 Å². The molecule has 2 rings (SSSR count). The van der Waals surface area contributed by atoms with Gasteiger partial charge in [-0.2, -0.15) is 0 Å². The van der Waals surface area contributed by atoms with Crippen molar-refractivity contribution in [3.8, 4) is 0 Å². The number of anilines is 1. The number of hydrogen-bond acceptors (Lipinski definition) is 4. The molecule has 1 heterocycles. The molecule has 0 radical (unpaired) electrons. The molecule has 2 N–H and O–H groups in total. The number of likely N-dealkylation sites (N-methyl/N-ethyl adjacent to an activating group) is 1. The number of amides is 3. The van der Waals surface area contributed by atoms with Gasteiger partial charge < -0.3 is 20.4 Å². The molecule has 1 fully saturated rings. The van der Waals surface area contributed by atoms with Crippen LogP contribution in [0.4, 0.5) is 10.1 Å². The molecule has 2 unspecified atom stereocenters. The third kappa shape index (κ3) is 4.92. The van der Waals surface area contributed by atoms with Crippen LogP contribution in [0.15, 0.2) is 18.2 Å². The Hall–Kier alpha value is -2.35. The predicted octanol–water partition coefficient (Wildman–Crippen LogP) is 1.40. The summed E-state index contributed by atoms with van der Waals surface area (Å²) in [7, 11) is 1.49. The zero-order valence-electron chi connectivity index (χ0n) is 16.3. The van der Waals surface area contributed by atoms with Crippen molar-refractivity contribution < 1.29 is 18.8 Å². The predicted molar refractivity (Wildman–Crippen MR) is 106 cm³/mol. The van der Waals surface area contributed by atoms with Gasteiger partial charge >= 0.3 is 0 Å². The van der Waals surface area contributed by atoms with Crippen LogP contribution in [0.5, 0.6) is 0 Å². The van der Waals surface area contributed by atoms with Gasteiger partial charge in [0.15, 0.2) is 0 Å². The average molecular weight is 413 g/mol. The van der Waals surface area contributed by atoms with Crippen LogP contribution in [-0.2, 0) is 14.4 Å². The first-order valence-corrected chi connectivity index (χ1v) is 9.52. The maximum absolute atomic E-state index is 13.3. The van der Waals surface area contributed by atoms with Gasteiger partial charge in [0.1, 0.15) is 11.4 Å². The van der Waals surface area contributed by atoms with Gasteiger partial charge in [0.05, 0.1) is 5.02 Å². The molecular weight excluding hydrogens is 387 g/mol. The molecule has 0 aliphatic carbocycles. The quantitative estimate of drug-likeness (QED) is 0.663. The Morgan fingerprint density at radius 3 is 2.50 bits per heavy atom. The molecule has 3 amide bonds. The van der Waals surface area contributed by atoms with Crippen molar-refractivity contribution in [2.75, 3.05) is 38.1 Å². The van der Waals surface area contributed by atoms with E-state index in [-0.39, 0.29) is 23.3 Å². The SMILES string of the molecule is CNC(=O)C(C)(CC(C)C(=O)N1CCN(c2ccc(F)c(Cl)c2)CC1)NC=O. The maximum Gasteiger partial charge on any atom is 0.245 e. The van der Waals surface area contributed by atoms with E-state index in [1.54, 1.807) is 30.9 Å². The van der Waals surface area contributed by atoms with Crippen molar-refractivity contribution in [1.29, 1.82) is 0 Å². The first-order valence-electron chi connectivity index (χ1n) is 9.14. The lowest BCUT2D eigenvalue weighted by Gasteiger charge is -2.38. The summed E-state index contributed by atoms with van der Waals surface area (Å²) in [5.74, 6) is -1.32. The zero-order valence-corrected chi connectivity index (χ0v) is 17.1. The molecule has 1 aromatic rings. The van der Waals surface area contributed by atoms with Gasteiger partial charge in [0, 0.05) is 44.8 Å². The van der Waals surface area contributed by atoms with E-state index >= 15 is 0 Å². The summed E-state index contributed by atoms with van der Waals surface area (Å²) >= 11 is 5.85. The molecule has 9 heteroatoms. The summed E-state index contributed by atoms with van der Waals surface area (Å²) in [5, 5.41) is 5.11. The number of carbonyl (C=O) groups excluding carboxylic acids is 3. The third-order valence-electron chi connectivity index (χ3n) is 5.10. The van der Waals surface area contributed by atoms with Crippen LogP contribution >= 0.6 is 11.6 Å². The van der Waals surface area contributed by atoms with E-state index in [9.17, 15) is 18.8 Å². The van der Waals surface area contributed by atoms with E-state index in [1.165, 1.54) is 13.1 Å². The highest BCUT2D eigenvalue weighted by Gasteiger charge is 2.37. The normalized spacial score (nSPS) is 17.5. The van der Waals surface area contributed by atoms with Gasteiger partial charge in [0.2, 0.25) is 18.2 Å². The minimum absolute atomic E-state index is 0.0698. The molecule has 0 bridgehead atoms. The lowest BCUT2D eigenvalue weighted by Crippen LogP contribution is -2.56. The van der Waals surface area contributed by atoms with E-state index in [4.69, 9.17) is 11.6 Å². The minimum Gasteiger partial charge on any atom is -0.368 e. The number of piperazine rings is 1. The number of benzene rings is 1. The number of halogens is 2. The molecule has 154 valence electrons. The summed E-state index contributed by atoms with van der Waals surface area (Å²) in [4.78, 5) is 39.6. The fourth-order valence-corrected chi connectivity index (χ4v) is 3.68.